The van der Waals surface area contributed by atoms with Crippen molar-refractivity contribution >= 4 is 28.4 Å². The molecule has 2 amide bonds. The molecule has 4 aromatic rings. The van der Waals surface area contributed by atoms with Crippen LogP contribution in [0.5, 0.6) is 0 Å². The third-order valence-corrected chi connectivity index (χ3v) is 6.71. The molecule has 1 aliphatic carbocycles. The molecule has 0 bridgehead atoms. The number of halogens is 2. The number of carbonyl (C=O) groups is 2. The molecular formula is C27H22F2N4O2. The first-order valence-electron chi connectivity index (χ1n) is 11.6. The predicted octanol–water partition coefficient (Wildman–Crippen LogP) is 4.68. The number of hydrogen-bond acceptors (Lipinski definition) is 3. The van der Waals surface area contributed by atoms with Crippen LogP contribution in [-0.2, 0) is 9.59 Å². The Labute approximate surface area is 200 Å². The lowest BCUT2D eigenvalue weighted by Crippen LogP contribution is -2.40. The number of benzene rings is 3. The summed E-state index contributed by atoms with van der Waals surface area (Å²) in [5.74, 6) is -0.826. The summed E-state index contributed by atoms with van der Waals surface area (Å²) in [5.41, 5.74) is 2.95. The summed E-state index contributed by atoms with van der Waals surface area (Å²) in [6.07, 6.45) is 3.59. The fraction of sp³-hybridized carbons (Fsp3) is 0.222. The number of nitrogens with one attached hydrogen (secondary N) is 1. The van der Waals surface area contributed by atoms with Gasteiger partial charge in [0.2, 0.25) is 11.8 Å². The molecule has 1 saturated heterocycles. The summed E-state index contributed by atoms with van der Waals surface area (Å²) in [5, 5.41) is 8.31. The quantitative estimate of drug-likeness (QED) is 0.459. The van der Waals surface area contributed by atoms with Gasteiger partial charge in [0, 0.05) is 23.4 Å². The van der Waals surface area contributed by atoms with Crippen molar-refractivity contribution in [3.63, 3.8) is 0 Å². The van der Waals surface area contributed by atoms with Crippen LogP contribution >= 0.6 is 0 Å². The van der Waals surface area contributed by atoms with Gasteiger partial charge in [-0.25, -0.2) is 13.5 Å². The SMILES string of the molecule is O=C(NC1CC(=O)N(c2ccc3c(cnn3-c3ccc(F)cc3)c2)[C@@H]1c1ccc(F)cc1)C1CC1. The minimum absolute atomic E-state index is 0.0154. The molecule has 8 heteroatoms. The Morgan fingerprint density at radius 3 is 2.26 bits per heavy atom. The molecular weight excluding hydrogens is 450 g/mol. The van der Waals surface area contributed by atoms with Crippen molar-refractivity contribution in [1.29, 1.82) is 0 Å². The molecule has 3 aromatic carbocycles. The summed E-state index contributed by atoms with van der Waals surface area (Å²) < 4.78 is 28.7. The van der Waals surface area contributed by atoms with E-state index in [0.29, 0.717) is 5.69 Å². The van der Waals surface area contributed by atoms with Crippen molar-refractivity contribution in [2.75, 3.05) is 4.90 Å². The molecule has 176 valence electrons. The van der Waals surface area contributed by atoms with E-state index in [1.807, 2.05) is 18.2 Å². The van der Waals surface area contributed by atoms with Gasteiger partial charge in [-0.15, -0.1) is 0 Å². The zero-order valence-corrected chi connectivity index (χ0v) is 18.7. The van der Waals surface area contributed by atoms with Crippen LogP contribution in [0.4, 0.5) is 14.5 Å². The van der Waals surface area contributed by atoms with Crippen molar-refractivity contribution in [2.45, 2.75) is 31.3 Å². The van der Waals surface area contributed by atoms with Gasteiger partial charge in [0.05, 0.1) is 29.5 Å². The second-order valence-electron chi connectivity index (χ2n) is 9.13. The summed E-state index contributed by atoms with van der Waals surface area (Å²) in [7, 11) is 0. The Bertz CT molecular complexity index is 1430. The molecule has 2 heterocycles. The average molecular weight is 472 g/mol. The van der Waals surface area contributed by atoms with E-state index < -0.39 is 12.1 Å². The molecule has 1 aromatic heterocycles. The molecule has 35 heavy (non-hydrogen) atoms. The van der Waals surface area contributed by atoms with Crippen molar-refractivity contribution in [1.82, 2.24) is 15.1 Å². The van der Waals surface area contributed by atoms with Crippen LogP contribution in [0.15, 0.2) is 72.9 Å². The zero-order valence-electron chi connectivity index (χ0n) is 18.7. The number of rotatable bonds is 5. The highest BCUT2D eigenvalue weighted by Gasteiger charge is 2.44. The Hall–Kier alpha value is -4.07. The van der Waals surface area contributed by atoms with E-state index in [1.54, 1.807) is 40.0 Å². The summed E-state index contributed by atoms with van der Waals surface area (Å²) in [6, 6.07) is 16.8. The lowest BCUT2D eigenvalue weighted by Gasteiger charge is -2.29. The molecule has 1 unspecified atom stereocenters. The standard InChI is InChI=1S/C27H22F2N4O2/c28-19-5-3-16(4-6-19)26-23(31-27(35)17-1-2-17)14-25(34)32(26)22-11-12-24-18(13-22)15-30-33(24)21-9-7-20(29)8-10-21/h3-13,15,17,23,26H,1-2,14H2,(H,31,35)/t23?,26-/m1/s1. The molecule has 6 rings (SSSR count). The Kier molecular flexibility index (Phi) is 5.09. The number of fused-ring (bicyclic) bond motifs is 1. The molecule has 1 aliphatic heterocycles. The Balaban J connectivity index is 1.38. The number of anilines is 1. The highest BCUT2D eigenvalue weighted by atomic mass is 19.1. The molecule has 0 radical (unpaired) electrons. The second-order valence-corrected chi connectivity index (χ2v) is 9.13. The molecule has 1 N–H and O–H groups in total. The second kappa shape index (κ2) is 8.30. The summed E-state index contributed by atoms with van der Waals surface area (Å²) in [4.78, 5) is 27.5. The average Bonchev–Trinajstić information content (AvgIpc) is 3.55. The van der Waals surface area contributed by atoms with Crippen LogP contribution in [0.3, 0.4) is 0 Å². The minimum Gasteiger partial charge on any atom is -0.350 e. The van der Waals surface area contributed by atoms with Gasteiger partial charge in [0.1, 0.15) is 11.6 Å². The van der Waals surface area contributed by atoms with Gasteiger partial charge < -0.3 is 10.2 Å². The van der Waals surface area contributed by atoms with Crippen molar-refractivity contribution in [3.05, 3.63) is 90.1 Å². The summed E-state index contributed by atoms with van der Waals surface area (Å²) in [6.45, 7) is 0. The Morgan fingerprint density at radius 1 is 0.914 bits per heavy atom. The van der Waals surface area contributed by atoms with E-state index in [0.717, 1.165) is 35.0 Å². The normalized spacial score (nSPS) is 19.9. The smallest absolute Gasteiger partial charge is 0.229 e. The number of amides is 2. The van der Waals surface area contributed by atoms with Gasteiger partial charge in [-0.3, -0.25) is 9.59 Å². The van der Waals surface area contributed by atoms with Gasteiger partial charge in [-0.1, -0.05) is 12.1 Å². The number of hydrogen-bond donors (Lipinski definition) is 1. The maximum atomic E-state index is 13.7. The monoisotopic (exact) mass is 472 g/mol. The van der Waals surface area contributed by atoms with E-state index in [9.17, 15) is 18.4 Å². The van der Waals surface area contributed by atoms with Crippen molar-refractivity contribution in [3.8, 4) is 5.69 Å². The van der Waals surface area contributed by atoms with Crippen LogP contribution in [0, 0.1) is 17.6 Å². The summed E-state index contributed by atoms with van der Waals surface area (Å²) >= 11 is 0. The predicted molar refractivity (Wildman–Crippen MR) is 127 cm³/mol. The molecule has 1 saturated carbocycles. The van der Waals surface area contributed by atoms with Crippen LogP contribution in [0.1, 0.15) is 30.9 Å². The maximum Gasteiger partial charge on any atom is 0.229 e. The highest BCUT2D eigenvalue weighted by molar-refractivity contribution is 6.00. The van der Waals surface area contributed by atoms with Crippen molar-refractivity contribution in [2.24, 2.45) is 5.92 Å². The lowest BCUT2D eigenvalue weighted by atomic mass is 9.99. The van der Waals surface area contributed by atoms with Crippen LogP contribution < -0.4 is 10.2 Å². The van der Waals surface area contributed by atoms with Crippen LogP contribution in [0.2, 0.25) is 0 Å². The molecule has 2 fully saturated rings. The number of nitrogens with zero attached hydrogens (tertiary/aromatic N) is 3. The van der Waals surface area contributed by atoms with Crippen LogP contribution in [0.25, 0.3) is 16.6 Å². The zero-order chi connectivity index (χ0) is 24.1. The third kappa shape index (κ3) is 3.95. The first-order valence-corrected chi connectivity index (χ1v) is 11.6. The number of aromatic nitrogens is 2. The van der Waals surface area contributed by atoms with Crippen LogP contribution in [-0.4, -0.2) is 27.6 Å². The van der Waals surface area contributed by atoms with E-state index in [-0.39, 0.29) is 35.8 Å². The van der Waals surface area contributed by atoms with Gasteiger partial charge in [0.25, 0.3) is 0 Å². The third-order valence-electron chi connectivity index (χ3n) is 6.71. The first-order chi connectivity index (χ1) is 17.0. The fourth-order valence-electron chi connectivity index (χ4n) is 4.81. The Morgan fingerprint density at radius 2 is 1.57 bits per heavy atom. The van der Waals surface area contributed by atoms with Gasteiger partial charge in [0.15, 0.2) is 0 Å². The highest BCUT2D eigenvalue weighted by Crippen LogP contribution is 2.39. The lowest BCUT2D eigenvalue weighted by molar-refractivity contribution is -0.123. The van der Waals surface area contributed by atoms with Gasteiger partial charge in [-0.2, -0.15) is 5.10 Å². The molecule has 0 spiro atoms. The van der Waals surface area contributed by atoms with Gasteiger partial charge >= 0.3 is 0 Å². The van der Waals surface area contributed by atoms with E-state index in [1.165, 1.54) is 24.3 Å². The van der Waals surface area contributed by atoms with E-state index in [4.69, 9.17) is 0 Å². The van der Waals surface area contributed by atoms with E-state index >= 15 is 0 Å². The minimum atomic E-state index is -0.463. The first kappa shape index (κ1) is 21.5. The largest absolute Gasteiger partial charge is 0.350 e. The van der Waals surface area contributed by atoms with Crippen molar-refractivity contribution < 1.29 is 18.4 Å². The molecule has 2 aliphatic rings. The topological polar surface area (TPSA) is 67.2 Å². The molecule has 2 atom stereocenters. The maximum absolute atomic E-state index is 13.7. The number of carbonyl (C=O) groups excluding carboxylic acids is 2. The molecule has 6 nitrogen and oxygen atoms in total. The van der Waals surface area contributed by atoms with Gasteiger partial charge in [-0.05, 0) is 73.0 Å². The van der Waals surface area contributed by atoms with E-state index in [2.05, 4.69) is 10.4 Å². The fourth-order valence-corrected chi connectivity index (χ4v) is 4.81.